The van der Waals surface area contributed by atoms with E-state index in [1.807, 2.05) is 42.2 Å². The lowest BCUT2D eigenvalue weighted by Crippen LogP contribution is -2.49. The number of nitrogens with zero attached hydrogens (tertiary/aromatic N) is 4. The smallest absolute Gasteiger partial charge is 0.224 e. The summed E-state index contributed by atoms with van der Waals surface area (Å²) in [5, 5.41) is 3.04. The Labute approximate surface area is 273 Å². The molecule has 0 aliphatic carbocycles. The number of hydrogen-bond donors (Lipinski definition) is 1. The van der Waals surface area contributed by atoms with Gasteiger partial charge in [0.05, 0.1) is 6.04 Å². The SMILES string of the molecule is C[C@H](CC(=O)Nc1ccc(N2CCN(C(c3ccccc3)c3ccccc3)CC2)cc1)CC(=O)N1CCN(c2ccccc2)CC1. The van der Waals surface area contributed by atoms with Crippen molar-refractivity contribution in [3.63, 3.8) is 0 Å². The molecule has 0 aromatic heterocycles. The van der Waals surface area contributed by atoms with E-state index in [0.717, 1.165) is 45.0 Å². The minimum absolute atomic E-state index is 0.0224. The molecule has 7 heteroatoms. The number of benzene rings is 4. The van der Waals surface area contributed by atoms with Gasteiger partial charge in [-0.1, -0.05) is 85.8 Å². The minimum Gasteiger partial charge on any atom is -0.369 e. The Morgan fingerprint density at radius 2 is 1.07 bits per heavy atom. The monoisotopic (exact) mass is 615 g/mol. The van der Waals surface area contributed by atoms with Crippen LogP contribution in [-0.2, 0) is 9.59 Å². The first kappa shape index (κ1) is 31.4. The van der Waals surface area contributed by atoms with E-state index in [-0.39, 0.29) is 23.8 Å². The number of anilines is 3. The summed E-state index contributed by atoms with van der Waals surface area (Å²) in [6, 6.07) is 40.3. The quantitative estimate of drug-likeness (QED) is 0.227. The second-order valence-corrected chi connectivity index (χ2v) is 12.6. The summed E-state index contributed by atoms with van der Waals surface area (Å²) in [6.45, 7) is 8.89. The number of carbonyl (C=O) groups is 2. The van der Waals surface area contributed by atoms with Crippen LogP contribution < -0.4 is 15.1 Å². The molecule has 1 N–H and O–H groups in total. The first-order valence-electron chi connectivity index (χ1n) is 16.6. The van der Waals surface area contributed by atoms with Gasteiger partial charge in [0.15, 0.2) is 0 Å². The van der Waals surface area contributed by atoms with Gasteiger partial charge in [-0.15, -0.1) is 0 Å². The van der Waals surface area contributed by atoms with Crippen molar-refractivity contribution in [2.75, 3.05) is 67.5 Å². The van der Waals surface area contributed by atoms with E-state index in [4.69, 9.17) is 0 Å². The van der Waals surface area contributed by atoms with Crippen LogP contribution in [0.4, 0.5) is 17.1 Å². The molecule has 7 nitrogen and oxygen atoms in total. The molecule has 2 fully saturated rings. The molecule has 46 heavy (non-hydrogen) atoms. The van der Waals surface area contributed by atoms with Crippen LogP contribution in [0.15, 0.2) is 115 Å². The van der Waals surface area contributed by atoms with Crippen LogP contribution in [0.1, 0.15) is 36.9 Å². The van der Waals surface area contributed by atoms with E-state index in [9.17, 15) is 9.59 Å². The third-order valence-electron chi connectivity index (χ3n) is 9.24. The Hall–Kier alpha value is -4.62. The van der Waals surface area contributed by atoms with Crippen LogP contribution in [0.25, 0.3) is 0 Å². The molecule has 0 bridgehead atoms. The predicted molar refractivity (Wildman–Crippen MR) is 187 cm³/mol. The average molecular weight is 616 g/mol. The Morgan fingerprint density at radius 3 is 1.61 bits per heavy atom. The third kappa shape index (κ3) is 7.96. The van der Waals surface area contributed by atoms with Gasteiger partial charge in [-0.05, 0) is 53.4 Å². The maximum absolute atomic E-state index is 12.9. The highest BCUT2D eigenvalue weighted by atomic mass is 16.2. The van der Waals surface area contributed by atoms with Crippen molar-refractivity contribution in [1.82, 2.24) is 9.80 Å². The second kappa shape index (κ2) is 15.1. The molecule has 4 aromatic carbocycles. The first-order valence-corrected chi connectivity index (χ1v) is 16.6. The van der Waals surface area contributed by atoms with E-state index in [2.05, 4.69) is 105 Å². The van der Waals surface area contributed by atoms with Crippen molar-refractivity contribution >= 4 is 28.9 Å². The molecule has 0 saturated carbocycles. The topological polar surface area (TPSA) is 59.1 Å². The Bertz CT molecular complexity index is 1490. The number of nitrogens with one attached hydrogen (secondary N) is 1. The van der Waals surface area contributed by atoms with Crippen molar-refractivity contribution in [2.45, 2.75) is 25.8 Å². The van der Waals surface area contributed by atoms with Crippen molar-refractivity contribution < 1.29 is 9.59 Å². The van der Waals surface area contributed by atoms with E-state index in [1.54, 1.807) is 0 Å². The molecule has 1 atom stereocenters. The maximum Gasteiger partial charge on any atom is 0.224 e. The minimum atomic E-state index is -0.0524. The number of piperazine rings is 2. The lowest BCUT2D eigenvalue weighted by atomic mass is 9.96. The highest BCUT2D eigenvalue weighted by molar-refractivity contribution is 5.91. The summed E-state index contributed by atoms with van der Waals surface area (Å²) in [4.78, 5) is 35.0. The zero-order valence-electron chi connectivity index (χ0n) is 26.8. The van der Waals surface area contributed by atoms with Crippen LogP contribution in [0.5, 0.6) is 0 Å². The zero-order chi connectivity index (χ0) is 31.7. The molecule has 0 spiro atoms. The Morgan fingerprint density at radius 1 is 0.587 bits per heavy atom. The van der Waals surface area contributed by atoms with Gasteiger partial charge in [-0.2, -0.15) is 0 Å². The first-order chi connectivity index (χ1) is 22.5. The molecular weight excluding hydrogens is 570 g/mol. The van der Waals surface area contributed by atoms with Crippen LogP contribution in [0.3, 0.4) is 0 Å². The normalized spacial score (nSPS) is 16.3. The Kier molecular flexibility index (Phi) is 10.3. The van der Waals surface area contributed by atoms with Gasteiger partial charge in [0.25, 0.3) is 0 Å². The van der Waals surface area contributed by atoms with Crippen LogP contribution in [0.2, 0.25) is 0 Å². The van der Waals surface area contributed by atoms with Crippen molar-refractivity contribution in [3.8, 4) is 0 Å². The fourth-order valence-corrected chi connectivity index (χ4v) is 6.76. The number of rotatable bonds is 10. The molecule has 2 heterocycles. The van der Waals surface area contributed by atoms with Gasteiger partial charge in [-0.3, -0.25) is 14.5 Å². The third-order valence-corrected chi connectivity index (χ3v) is 9.24. The summed E-state index contributed by atoms with van der Waals surface area (Å²) in [5.74, 6) is 0.0607. The van der Waals surface area contributed by atoms with E-state index in [0.29, 0.717) is 25.9 Å². The van der Waals surface area contributed by atoms with Gasteiger partial charge in [0.2, 0.25) is 11.8 Å². The summed E-state index contributed by atoms with van der Waals surface area (Å²) < 4.78 is 0. The molecule has 4 aromatic rings. The summed E-state index contributed by atoms with van der Waals surface area (Å²) >= 11 is 0. The zero-order valence-corrected chi connectivity index (χ0v) is 26.8. The highest BCUT2D eigenvalue weighted by Crippen LogP contribution is 2.30. The average Bonchev–Trinajstić information content (AvgIpc) is 3.10. The van der Waals surface area contributed by atoms with Crippen LogP contribution in [-0.4, -0.2) is 74.0 Å². The lowest BCUT2D eigenvalue weighted by molar-refractivity contribution is -0.132. The van der Waals surface area contributed by atoms with Crippen molar-refractivity contribution in [1.29, 1.82) is 0 Å². The van der Waals surface area contributed by atoms with Gasteiger partial charge < -0.3 is 20.0 Å². The number of carbonyl (C=O) groups excluding carboxylic acids is 2. The van der Waals surface area contributed by atoms with Crippen molar-refractivity contribution in [3.05, 3.63) is 126 Å². The summed E-state index contributed by atoms with van der Waals surface area (Å²) in [7, 11) is 0. The number of hydrogen-bond acceptors (Lipinski definition) is 5. The van der Waals surface area contributed by atoms with Gasteiger partial charge >= 0.3 is 0 Å². The number of para-hydroxylation sites is 1. The van der Waals surface area contributed by atoms with E-state index < -0.39 is 0 Å². The summed E-state index contributed by atoms with van der Waals surface area (Å²) in [5.41, 5.74) is 5.80. The van der Waals surface area contributed by atoms with Crippen LogP contribution in [0, 0.1) is 5.92 Å². The molecule has 0 radical (unpaired) electrons. The van der Waals surface area contributed by atoms with Gasteiger partial charge in [0.1, 0.15) is 0 Å². The number of amides is 2. The van der Waals surface area contributed by atoms with Crippen molar-refractivity contribution in [2.24, 2.45) is 5.92 Å². The molecular formula is C39H45N5O2. The second-order valence-electron chi connectivity index (χ2n) is 12.6. The maximum atomic E-state index is 12.9. The highest BCUT2D eigenvalue weighted by Gasteiger charge is 2.27. The molecule has 2 aliphatic rings. The molecule has 2 aliphatic heterocycles. The van der Waals surface area contributed by atoms with Crippen LogP contribution >= 0.6 is 0 Å². The fraction of sp³-hybridized carbons (Fsp3) is 0.333. The largest absolute Gasteiger partial charge is 0.369 e. The molecule has 238 valence electrons. The standard InChI is InChI=1S/C39H45N5O2/c1-31(30-38(46)43-25-21-41(22-26-43)35-15-9-4-10-16-35)29-37(45)40-34-17-19-36(20-18-34)42-23-27-44(28-24-42)39(32-11-5-2-6-12-32)33-13-7-3-8-14-33/h2-20,31,39H,21-30H2,1H3,(H,40,45)/t31-/m1/s1. The summed E-state index contributed by atoms with van der Waals surface area (Å²) in [6.07, 6.45) is 0.711. The molecule has 2 amide bonds. The van der Waals surface area contributed by atoms with Gasteiger partial charge in [0, 0.05) is 82.3 Å². The lowest BCUT2D eigenvalue weighted by Gasteiger charge is -2.40. The molecule has 0 unspecified atom stereocenters. The van der Waals surface area contributed by atoms with E-state index in [1.165, 1.54) is 22.5 Å². The van der Waals surface area contributed by atoms with Gasteiger partial charge in [-0.25, -0.2) is 0 Å². The fourth-order valence-electron chi connectivity index (χ4n) is 6.76. The Balaban J connectivity index is 0.952. The predicted octanol–water partition coefficient (Wildman–Crippen LogP) is 6.30. The molecule has 2 saturated heterocycles. The molecule has 6 rings (SSSR count). The van der Waals surface area contributed by atoms with E-state index >= 15 is 0 Å².